The van der Waals surface area contributed by atoms with Crippen molar-refractivity contribution in [3.8, 4) is 0 Å². The standard InChI is InChI=1S/C25H52N4O/c1-3-4-16-26-17-10-11-18-27-20-12-21-29-25(30)23(2)13-8-9-19-28-22-24-14-6-5-7-15-24/h23-24,26-28H,3-22H2,1-2H3,(H,29,30). The predicted molar refractivity (Wildman–Crippen MR) is 130 cm³/mol. The van der Waals surface area contributed by atoms with Crippen molar-refractivity contribution in [2.45, 2.75) is 97.3 Å². The predicted octanol–water partition coefficient (Wildman–Crippen LogP) is 4.23. The van der Waals surface area contributed by atoms with E-state index in [9.17, 15) is 4.79 Å². The van der Waals surface area contributed by atoms with Crippen LogP contribution in [0.2, 0.25) is 0 Å². The monoisotopic (exact) mass is 424 g/mol. The highest BCUT2D eigenvalue weighted by Gasteiger charge is 2.13. The van der Waals surface area contributed by atoms with Crippen molar-refractivity contribution in [2.24, 2.45) is 11.8 Å². The largest absolute Gasteiger partial charge is 0.356 e. The topological polar surface area (TPSA) is 65.2 Å². The summed E-state index contributed by atoms with van der Waals surface area (Å²) in [5.41, 5.74) is 0. The van der Waals surface area contributed by atoms with Crippen LogP contribution in [0.3, 0.4) is 0 Å². The summed E-state index contributed by atoms with van der Waals surface area (Å²) in [6.07, 6.45) is 16.4. The molecule has 0 radical (unpaired) electrons. The van der Waals surface area contributed by atoms with Crippen LogP contribution in [0.15, 0.2) is 0 Å². The summed E-state index contributed by atoms with van der Waals surface area (Å²) in [6, 6.07) is 0. The second kappa shape index (κ2) is 20.3. The van der Waals surface area contributed by atoms with Crippen LogP contribution in [-0.2, 0) is 4.79 Å². The Hall–Kier alpha value is -0.650. The van der Waals surface area contributed by atoms with Gasteiger partial charge in [-0.1, -0.05) is 46.0 Å². The van der Waals surface area contributed by atoms with Gasteiger partial charge in [-0.25, -0.2) is 0 Å². The maximum Gasteiger partial charge on any atom is 0.222 e. The molecule has 0 heterocycles. The van der Waals surface area contributed by atoms with E-state index in [1.807, 2.05) is 0 Å². The van der Waals surface area contributed by atoms with E-state index in [1.54, 1.807) is 0 Å². The summed E-state index contributed by atoms with van der Waals surface area (Å²) in [6.45, 7) is 11.7. The third kappa shape index (κ3) is 16.1. The van der Waals surface area contributed by atoms with Gasteiger partial charge in [0.05, 0.1) is 0 Å². The molecular formula is C25H52N4O. The Labute approximate surface area is 187 Å². The highest BCUT2D eigenvalue weighted by Crippen LogP contribution is 2.22. The summed E-state index contributed by atoms with van der Waals surface area (Å²) in [5, 5.41) is 13.7. The van der Waals surface area contributed by atoms with E-state index in [0.717, 1.165) is 64.4 Å². The lowest BCUT2D eigenvalue weighted by Gasteiger charge is -2.21. The highest BCUT2D eigenvalue weighted by atomic mass is 16.1. The van der Waals surface area contributed by atoms with Crippen LogP contribution in [0.4, 0.5) is 0 Å². The van der Waals surface area contributed by atoms with Crippen LogP contribution in [0.25, 0.3) is 0 Å². The molecule has 1 unspecified atom stereocenters. The quantitative estimate of drug-likeness (QED) is 0.221. The summed E-state index contributed by atoms with van der Waals surface area (Å²) in [4.78, 5) is 12.2. The van der Waals surface area contributed by atoms with E-state index in [-0.39, 0.29) is 11.8 Å². The smallest absolute Gasteiger partial charge is 0.222 e. The zero-order chi connectivity index (χ0) is 21.7. The lowest BCUT2D eigenvalue weighted by Crippen LogP contribution is -2.32. The molecule has 1 saturated carbocycles. The molecule has 1 aliphatic carbocycles. The fourth-order valence-corrected chi connectivity index (χ4v) is 4.18. The van der Waals surface area contributed by atoms with Gasteiger partial charge in [-0.05, 0) is 96.6 Å². The molecule has 1 atom stereocenters. The third-order valence-corrected chi connectivity index (χ3v) is 6.34. The van der Waals surface area contributed by atoms with Gasteiger partial charge in [0, 0.05) is 12.5 Å². The molecule has 0 aromatic rings. The van der Waals surface area contributed by atoms with Crippen molar-refractivity contribution in [1.29, 1.82) is 0 Å². The molecule has 1 aliphatic rings. The van der Waals surface area contributed by atoms with Crippen LogP contribution in [0.5, 0.6) is 0 Å². The van der Waals surface area contributed by atoms with Crippen LogP contribution < -0.4 is 21.3 Å². The van der Waals surface area contributed by atoms with Crippen LogP contribution >= 0.6 is 0 Å². The molecule has 0 spiro atoms. The molecule has 0 saturated heterocycles. The van der Waals surface area contributed by atoms with Gasteiger partial charge in [-0.15, -0.1) is 0 Å². The first-order chi connectivity index (χ1) is 14.7. The molecule has 0 aromatic carbocycles. The van der Waals surface area contributed by atoms with Crippen molar-refractivity contribution < 1.29 is 4.79 Å². The Morgan fingerprint density at radius 1 is 0.767 bits per heavy atom. The number of amides is 1. The molecule has 5 heteroatoms. The number of rotatable bonds is 20. The highest BCUT2D eigenvalue weighted by molar-refractivity contribution is 5.78. The van der Waals surface area contributed by atoms with E-state index >= 15 is 0 Å². The molecule has 0 bridgehead atoms. The van der Waals surface area contributed by atoms with E-state index in [2.05, 4.69) is 35.1 Å². The van der Waals surface area contributed by atoms with Crippen molar-refractivity contribution in [3.63, 3.8) is 0 Å². The minimum Gasteiger partial charge on any atom is -0.356 e. The fraction of sp³-hybridized carbons (Fsp3) is 0.960. The van der Waals surface area contributed by atoms with Crippen molar-refractivity contribution >= 4 is 5.91 Å². The molecule has 4 N–H and O–H groups in total. The summed E-state index contributed by atoms with van der Waals surface area (Å²) in [5.74, 6) is 1.27. The molecular weight excluding hydrogens is 372 g/mol. The van der Waals surface area contributed by atoms with Gasteiger partial charge >= 0.3 is 0 Å². The van der Waals surface area contributed by atoms with Crippen LogP contribution in [0, 0.1) is 11.8 Å². The maximum atomic E-state index is 12.2. The second-order valence-electron chi connectivity index (χ2n) is 9.31. The first-order valence-corrected chi connectivity index (χ1v) is 13.1. The molecule has 0 aliphatic heterocycles. The normalized spacial score (nSPS) is 15.9. The minimum atomic E-state index is 0.136. The van der Waals surface area contributed by atoms with Crippen molar-refractivity contribution in [3.05, 3.63) is 0 Å². The Kier molecular flexibility index (Phi) is 18.5. The number of hydrogen-bond acceptors (Lipinski definition) is 4. The number of carbonyl (C=O) groups is 1. The van der Waals surface area contributed by atoms with E-state index in [1.165, 1.54) is 70.8 Å². The first-order valence-electron chi connectivity index (χ1n) is 13.1. The van der Waals surface area contributed by atoms with Gasteiger partial charge in [-0.2, -0.15) is 0 Å². The van der Waals surface area contributed by atoms with Gasteiger partial charge in [0.1, 0.15) is 0 Å². The van der Waals surface area contributed by atoms with Gasteiger partial charge < -0.3 is 21.3 Å². The van der Waals surface area contributed by atoms with Crippen LogP contribution in [0.1, 0.15) is 97.3 Å². The number of carbonyl (C=O) groups excluding carboxylic acids is 1. The minimum absolute atomic E-state index is 0.136. The molecule has 1 amide bonds. The van der Waals surface area contributed by atoms with Crippen molar-refractivity contribution in [1.82, 2.24) is 21.3 Å². The second-order valence-corrected chi connectivity index (χ2v) is 9.31. The Morgan fingerprint density at radius 2 is 1.37 bits per heavy atom. The fourth-order valence-electron chi connectivity index (χ4n) is 4.18. The summed E-state index contributed by atoms with van der Waals surface area (Å²) < 4.78 is 0. The molecule has 1 rings (SSSR count). The van der Waals surface area contributed by atoms with Crippen LogP contribution in [-0.4, -0.2) is 51.7 Å². The molecule has 1 fully saturated rings. The van der Waals surface area contributed by atoms with Gasteiger partial charge in [0.15, 0.2) is 0 Å². The third-order valence-electron chi connectivity index (χ3n) is 6.34. The summed E-state index contributed by atoms with van der Waals surface area (Å²) in [7, 11) is 0. The summed E-state index contributed by atoms with van der Waals surface area (Å²) >= 11 is 0. The average molecular weight is 425 g/mol. The molecule has 178 valence electrons. The SMILES string of the molecule is CCCCNCCCCNCCCNC(=O)C(C)CCCCNCC1CCCCC1. The molecule has 30 heavy (non-hydrogen) atoms. The van der Waals surface area contributed by atoms with Gasteiger partial charge in [0.25, 0.3) is 0 Å². The van der Waals surface area contributed by atoms with E-state index in [4.69, 9.17) is 0 Å². The molecule has 5 nitrogen and oxygen atoms in total. The van der Waals surface area contributed by atoms with Crippen molar-refractivity contribution in [2.75, 3.05) is 45.8 Å². The maximum absolute atomic E-state index is 12.2. The molecule has 0 aromatic heterocycles. The lowest BCUT2D eigenvalue weighted by molar-refractivity contribution is -0.124. The Bertz CT molecular complexity index is 385. The Balaban J connectivity index is 1.81. The average Bonchev–Trinajstić information content (AvgIpc) is 2.77. The van der Waals surface area contributed by atoms with E-state index < -0.39 is 0 Å². The van der Waals surface area contributed by atoms with E-state index in [0.29, 0.717) is 0 Å². The lowest BCUT2D eigenvalue weighted by atomic mass is 9.89. The number of nitrogens with one attached hydrogen (secondary N) is 4. The Morgan fingerprint density at radius 3 is 2.07 bits per heavy atom. The first kappa shape index (κ1) is 27.4. The number of unbranched alkanes of at least 4 members (excludes halogenated alkanes) is 3. The van der Waals surface area contributed by atoms with Gasteiger partial charge in [0.2, 0.25) is 5.91 Å². The zero-order valence-electron chi connectivity index (χ0n) is 20.2. The number of hydrogen-bond donors (Lipinski definition) is 4. The van der Waals surface area contributed by atoms with Gasteiger partial charge in [-0.3, -0.25) is 4.79 Å². The zero-order valence-corrected chi connectivity index (χ0v) is 20.2.